The summed E-state index contributed by atoms with van der Waals surface area (Å²) in [4.78, 5) is 12.1. The zero-order valence-electron chi connectivity index (χ0n) is 19.1. The van der Waals surface area contributed by atoms with Gasteiger partial charge < -0.3 is 14.8 Å². The van der Waals surface area contributed by atoms with Gasteiger partial charge in [0.2, 0.25) is 5.91 Å². The van der Waals surface area contributed by atoms with Gasteiger partial charge in [0.15, 0.2) is 0 Å². The predicted octanol–water partition coefficient (Wildman–Crippen LogP) is 4.88. The number of nitrogens with zero attached hydrogens (tertiary/aromatic N) is 2. The number of aromatic nitrogens is 2. The number of nitrogens with one attached hydrogen (secondary N) is 1. The Bertz CT molecular complexity index is 1300. The van der Waals surface area contributed by atoms with Gasteiger partial charge in [0.05, 0.1) is 23.4 Å². The number of carbonyl (C=O) groups is 1. The molecule has 3 aromatic carbocycles. The van der Waals surface area contributed by atoms with Gasteiger partial charge in [0, 0.05) is 12.5 Å². The molecule has 0 spiro atoms. The van der Waals surface area contributed by atoms with E-state index in [0.717, 1.165) is 16.6 Å². The summed E-state index contributed by atoms with van der Waals surface area (Å²) in [6.07, 6.45) is 1.04. The third-order valence-electron chi connectivity index (χ3n) is 5.52. The van der Waals surface area contributed by atoms with E-state index < -0.39 is 12.1 Å². The number of halogens is 2. The summed E-state index contributed by atoms with van der Waals surface area (Å²) in [6, 6.07) is 15.9. The topological polar surface area (TPSA) is 65.4 Å². The van der Waals surface area contributed by atoms with Crippen LogP contribution in [0.1, 0.15) is 24.2 Å². The molecular formula is C26H25F2N3O3. The molecular weight excluding hydrogens is 440 g/mol. The van der Waals surface area contributed by atoms with Crippen LogP contribution in [-0.2, 0) is 9.53 Å². The highest BCUT2D eigenvalue weighted by molar-refractivity contribution is 5.81. The monoisotopic (exact) mass is 465 g/mol. The molecule has 0 bridgehead atoms. The average molecular weight is 466 g/mol. The maximum absolute atomic E-state index is 14.3. The lowest BCUT2D eigenvalue weighted by molar-refractivity contribution is -0.126. The van der Waals surface area contributed by atoms with Gasteiger partial charge in [-0.3, -0.25) is 4.79 Å². The highest BCUT2D eigenvalue weighted by Crippen LogP contribution is 2.29. The highest BCUT2D eigenvalue weighted by atomic mass is 19.1. The Morgan fingerprint density at radius 2 is 1.85 bits per heavy atom. The van der Waals surface area contributed by atoms with Gasteiger partial charge in [-0.15, -0.1) is 0 Å². The Morgan fingerprint density at radius 3 is 2.56 bits per heavy atom. The van der Waals surface area contributed by atoms with Crippen LogP contribution in [0.3, 0.4) is 0 Å². The van der Waals surface area contributed by atoms with Crippen LogP contribution in [0.4, 0.5) is 8.78 Å². The predicted molar refractivity (Wildman–Crippen MR) is 125 cm³/mol. The minimum absolute atomic E-state index is 0.0894. The van der Waals surface area contributed by atoms with Crippen LogP contribution in [0.25, 0.3) is 16.6 Å². The van der Waals surface area contributed by atoms with Crippen molar-refractivity contribution in [3.05, 3.63) is 89.6 Å². The number of benzene rings is 3. The van der Waals surface area contributed by atoms with Crippen LogP contribution in [-0.4, -0.2) is 35.4 Å². The molecule has 0 aliphatic rings. The van der Waals surface area contributed by atoms with Crippen LogP contribution in [0.2, 0.25) is 0 Å². The molecule has 176 valence electrons. The number of amides is 1. The lowest BCUT2D eigenvalue weighted by Crippen LogP contribution is -2.40. The quantitative estimate of drug-likeness (QED) is 0.403. The second-order valence-corrected chi connectivity index (χ2v) is 8.09. The number of carbonyl (C=O) groups excluding carboxylic acids is 1. The molecule has 34 heavy (non-hydrogen) atoms. The molecule has 0 saturated carbocycles. The minimum atomic E-state index is -0.652. The first-order valence-corrected chi connectivity index (χ1v) is 10.8. The van der Waals surface area contributed by atoms with Gasteiger partial charge in [0.25, 0.3) is 0 Å². The Morgan fingerprint density at radius 1 is 1.09 bits per heavy atom. The molecule has 1 N–H and O–H groups in total. The van der Waals surface area contributed by atoms with E-state index in [1.807, 2.05) is 12.1 Å². The maximum atomic E-state index is 14.3. The molecule has 0 saturated heterocycles. The first-order valence-electron chi connectivity index (χ1n) is 10.8. The molecule has 0 fully saturated rings. The normalized spacial score (nSPS) is 13.0. The lowest BCUT2D eigenvalue weighted by Gasteiger charge is -2.27. The molecule has 0 aliphatic heterocycles. The number of rotatable bonds is 8. The fourth-order valence-electron chi connectivity index (χ4n) is 3.77. The van der Waals surface area contributed by atoms with E-state index in [2.05, 4.69) is 10.4 Å². The van der Waals surface area contributed by atoms with Crippen molar-refractivity contribution >= 4 is 16.8 Å². The molecule has 6 nitrogen and oxygen atoms in total. The van der Waals surface area contributed by atoms with Crippen molar-refractivity contribution in [1.82, 2.24) is 15.1 Å². The average Bonchev–Trinajstić information content (AvgIpc) is 3.23. The van der Waals surface area contributed by atoms with Crippen LogP contribution in [0.5, 0.6) is 5.75 Å². The summed E-state index contributed by atoms with van der Waals surface area (Å²) < 4.78 is 40.5. The molecule has 4 rings (SSSR count). The van der Waals surface area contributed by atoms with Crippen molar-refractivity contribution in [1.29, 1.82) is 0 Å². The number of aryl methyl sites for hydroxylation is 1. The molecule has 1 aromatic heterocycles. The summed E-state index contributed by atoms with van der Waals surface area (Å²) in [7, 11) is 1.44. The second-order valence-electron chi connectivity index (χ2n) is 8.09. The molecule has 4 aromatic rings. The third kappa shape index (κ3) is 5.07. The summed E-state index contributed by atoms with van der Waals surface area (Å²) in [5.41, 5.74) is 2.66. The van der Waals surface area contributed by atoms with E-state index in [-0.39, 0.29) is 24.1 Å². The van der Waals surface area contributed by atoms with Crippen molar-refractivity contribution in [2.75, 3.05) is 13.7 Å². The minimum Gasteiger partial charge on any atom is -0.484 e. The SMILES string of the molecule is COCC(=O)N[C@@H](C)[C@@H](Oc1ccc2c(cnn2-c2ccc(F)cc2)c1)c1ccc(C)c(F)c1. The summed E-state index contributed by atoms with van der Waals surface area (Å²) in [5, 5.41) is 8.06. The van der Waals surface area contributed by atoms with Gasteiger partial charge in [-0.05, 0) is 73.5 Å². The Labute approximate surface area is 196 Å². The van der Waals surface area contributed by atoms with Crippen molar-refractivity contribution < 1.29 is 23.0 Å². The number of hydrogen-bond acceptors (Lipinski definition) is 4. The fourth-order valence-corrected chi connectivity index (χ4v) is 3.77. The fraction of sp³-hybridized carbons (Fsp3) is 0.231. The Balaban J connectivity index is 1.64. The number of methoxy groups -OCH3 is 1. The van der Waals surface area contributed by atoms with Crippen molar-refractivity contribution in [3.63, 3.8) is 0 Å². The Kier molecular flexibility index (Phi) is 6.88. The summed E-state index contributed by atoms with van der Waals surface area (Å²) in [6.45, 7) is 3.39. The summed E-state index contributed by atoms with van der Waals surface area (Å²) >= 11 is 0. The standard InChI is InChI=1S/C26H25F2N3O3/c1-16-4-5-18(13-23(16)28)26(17(2)30-25(32)15-33-3)34-22-10-11-24-19(12-22)14-29-31(24)21-8-6-20(27)7-9-21/h4-14,17,26H,15H2,1-3H3,(H,30,32)/t17-,26+/m0/s1. The molecule has 0 aliphatic carbocycles. The van der Waals surface area contributed by atoms with Crippen LogP contribution in [0, 0.1) is 18.6 Å². The van der Waals surface area contributed by atoms with E-state index in [1.165, 1.54) is 25.3 Å². The first-order chi connectivity index (χ1) is 16.4. The van der Waals surface area contributed by atoms with E-state index in [0.29, 0.717) is 16.9 Å². The molecule has 1 heterocycles. The molecule has 8 heteroatoms. The van der Waals surface area contributed by atoms with Gasteiger partial charge in [-0.1, -0.05) is 12.1 Å². The van der Waals surface area contributed by atoms with Crippen molar-refractivity contribution in [3.8, 4) is 11.4 Å². The van der Waals surface area contributed by atoms with Gasteiger partial charge >= 0.3 is 0 Å². The maximum Gasteiger partial charge on any atom is 0.246 e. The number of hydrogen-bond donors (Lipinski definition) is 1. The Hall–Kier alpha value is -3.78. The zero-order chi connectivity index (χ0) is 24.2. The number of ether oxygens (including phenoxy) is 2. The molecule has 2 atom stereocenters. The smallest absolute Gasteiger partial charge is 0.246 e. The molecule has 0 radical (unpaired) electrons. The third-order valence-corrected chi connectivity index (χ3v) is 5.52. The van der Waals surface area contributed by atoms with Crippen LogP contribution < -0.4 is 10.1 Å². The van der Waals surface area contributed by atoms with Crippen molar-refractivity contribution in [2.24, 2.45) is 0 Å². The van der Waals surface area contributed by atoms with Gasteiger partial charge in [-0.2, -0.15) is 5.10 Å². The molecule has 1 amide bonds. The highest BCUT2D eigenvalue weighted by Gasteiger charge is 2.24. The lowest BCUT2D eigenvalue weighted by atomic mass is 10.0. The summed E-state index contributed by atoms with van der Waals surface area (Å²) in [5.74, 6) is -0.434. The second kappa shape index (κ2) is 10.0. The van der Waals surface area contributed by atoms with E-state index in [4.69, 9.17) is 9.47 Å². The van der Waals surface area contributed by atoms with E-state index >= 15 is 0 Å². The first kappa shape index (κ1) is 23.4. The zero-order valence-corrected chi connectivity index (χ0v) is 19.1. The van der Waals surface area contributed by atoms with Crippen LogP contribution >= 0.6 is 0 Å². The molecule has 0 unspecified atom stereocenters. The van der Waals surface area contributed by atoms with Crippen molar-refractivity contribution in [2.45, 2.75) is 26.0 Å². The van der Waals surface area contributed by atoms with Gasteiger partial charge in [-0.25, -0.2) is 13.5 Å². The van der Waals surface area contributed by atoms with Gasteiger partial charge in [0.1, 0.15) is 30.1 Å². The largest absolute Gasteiger partial charge is 0.484 e. The van der Waals surface area contributed by atoms with E-state index in [9.17, 15) is 13.6 Å². The van der Waals surface area contributed by atoms with Crippen LogP contribution in [0.15, 0.2) is 66.9 Å². The number of fused-ring (bicyclic) bond motifs is 1. The van der Waals surface area contributed by atoms with E-state index in [1.54, 1.807) is 55.1 Å².